The number of hydrogen-bond donors (Lipinski definition) is 0. The van der Waals surface area contributed by atoms with Crippen molar-refractivity contribution in [2.24, 2.45) is 0 Å². The lowest BCUT2D eigenvalue weighted by Crippen LogP contribution is -1.92. The molecule has 0 aliphatic carbocycles. The summed E-state index contributed by atoms with van der Waals surface area (Å²) in [7, 11) is 0. The third kappa shape index (κ3) is 3.50. The Kier molecular flexibility index (Phi) is 4.78. The summed E-state index contributed by atoms with van der Waals surface area (Å²) in [6.45, 7) is 0. The summed E-state index contributed by atoms with van der Waals surface area (Å²) in [6.07, 6.45) is 1.85. The minimum atomic E-state index is 0.851. The van der Waals surface area contributed by atoms with Crippen LogP contribution < -0.4 is 0 Å². The highest BCUT2D eigenvalue weighted by Gasteiger charge is 2.11. The van der Waals surface area contributed by atoms with Gasteiger partial charge in [0.1, 0.15) is 0 Å². The minimum absolute atomic E-state index is 0.851. The molecule has 3 aromatic heterocycles. The van der Waals surface area contributed by atoms with Gasteiger partial charge in [0, 0.05) is 27.9 Å². The van der Waals surface area contributed by atoms with E-state index in [9.17, 15) is 0 Å². The number of fused-ring (bicyclic) bond motifs is 5. The summed E-state index contributed by atoms with van der Waals surface area (Å²) in [6, 6.07) is 41.9. The van der Waals surface area contributed by atoms with Crippen LogP contribution >= 0.6 is 0 Å². The number of hydrogen-bond acceptors (Lipinski definition) is 3. The number of benzene rings is 4. The summed E-state index contributed by atoms with van der Waals surface area (Å²) in [5.41, 5.74) is 8.01. The molecule has 3 heterocycles. The first kappa shape index (κ1) is 20.5. The van der Waals surface area contributed by atoms with E-state index in [0.717, 1.165) is 55.2 Å². The molecule has 0 saturated carbocycles. The Bertz CT molecular complexity index is 1890. The average Bonchev–Trinajstić information content (AvgIpc) is 2.97. The predicted molar refractivity (Wildman–Crippen MR) is 149 cm³/mol. The van der Waals surface area contributed by atoms with Gasteiger partial charge in [-0.3, -0.25) is 4.98 Å². The van der Waals surface area contributed by atoms with Crippen LogP contribution in [0.4, 0.5) is 0 Å². The first-order valence-corrected chi connectivity index (χ1v) is 12.0. The van der Waals surface area contributed by atoms with Crippen molar-refractivity contribution in [3.05, 3.63) is 128 Å². The van der Waals surface area contributed by atoms with Crippen LogP contribution in [-0.2, 0) is 0 Å². The largest absolute Gasteiger partial charge is 0.256 e. The summed E-state index contributed by atoms with van der Waals surface area (Å²) >= 11 is 0. The molecule has 0 unspecified atom stereocenters. The zero-order valence-corrected chi connectivity index (χ0v) is 19.5. The molecule has 0 atom stereocenters. The molecule has 0 aliphatic heterocycles. The van der Waals surface area contributed by atoms with Crippen molar-refractivity contribution in [1.29, 1.82) is 0 Å². The molecule has 4 aromatic carbocycles. The van der Waals surface area contributed by atoms with Gasteiger partial charge < -0.3 is 0 Å². The zero-order valence-electron chi connectivity index (χ0n) is 19.5. The molecule has 0 spiro atoms. The molecule has 0 amide bonds. The Morgan fingerprint density at radius 1 is 0.389 bits per heavy atom. The van der Waals surface area contributed by atoms with Gasteiger partial charge in [-0.15, -0.1) is 0 Å². The zero-order chi connectivity index (χ0) is 23.9. The van der Waals surface area contributed by atoms with Crippen LogP contribution in [0.25, 0.3) is 66.4 Å². The van der Waals surface area contributed by atoms with Crippen molar-refractivity contribution in [3.8, 4) is 33.8 Å². The molecule has 7 rings (SSSR count). The average molecular weight is 460 g/mol. The van der Waals surface area contributed by atoms with E-state index < -0.39 is 0 Å². The second kappa shape index (κ2) is 8.40. The van der Waals surface area contributed by atoms with Gasteiger partial charge >= 0.3 is 0 Å². The van der Waals surface area contributed by atoms with Crippen molar-refractivity contribution in [2.75, 3.05) is 0 Å². The van der Waals surface area contributed by atoms with Crippen LogP contribution in [0.5, 0.6) is 0 Å². The molecule has 3 heteroatoms. The third-order valence-corrected chi connectivity index (χ3v) is 6.69. The second-order valence-corrected chi connectivity index (χ2v) is 8.93. The molecule has 7 aromatic rings. The van der Waals surface area contributed by atoms with Crippen LogP contribution in [0.15, 0.2) is 128 Å². The fraction of sp³-hybridized carbons (Fsp3) is 0. The Morgan fingerprint density at radius 3 is 1.94 bits per heavy atom. The van der Waals surface area contributed by atoms with Gasteiger partial charge in [0.05, 0.1) is 28.1 Å². The second-order valence-electron chi connectivity index (χ2n) is 8.93. The Morgan fingerprint density at radius 2 is 1.06 bits per heavy atom. The molecule has 0 bridgehead atoms. The maximum absolute atomic E-state index is 5.12. The molecule has 0 fully saturated rings. The van der Waals surface area contributed by atoms with E-state index in [2.05, 4.69) is 103 Å². The lowest BCUT2D eigenvalue weighted by Gasteiger charge is -2.10. The Hall–Kier alpha value is -4.89. The molecular weight excluding hydrogens is 438 g/mol. The fourth-order valence-electron chi connectivity index (χ4n) is 4.90. The van der Waals surface area contributed by atoms with Crippen LogP contribution in [-0.4, -0.2) is 15.0 Å². The van der Waals surface area contributed by atoms with E-state index in [-0.39, 0.29) is 0 Å². The quantitative estimate of drug-likeness (QED) is 0.249. The van der Waals surface area contributed by atoms with E-state index in [4.69, 9.17) is 15.0 Å². The lowest BCUT2D eigenvalue weighted by molar-refractivity contribution is 1.28. The monoisotopic (exact) mass is 459 g/mol. The van der Waals surface area contributed by atoms with Crippen LogP contribution in [0.1, 0.15) is 0 Å². The van der Waals surface area contributed by atoms with E-state index >= 15 is 0 Å². The molecule has 36 heavy (non-hydrogen) atoms. The van der Waals surface area contributed by atoms with Gasteiger partial charge in [0.2, 0.25) is 0 Å². The SMILES string of the molecule is c1ccc(-c2cccc(-c3cccc(-c4ccc5ccc6ccc7cccnc7c6c5n4)n3)c2)cc1. The maximum Gasteiger partial charge on any atom is 0.0894 e. The van der Waals surface area contributed by atoms with Gasteiger partial charge in [-0.05, 0) is 46.8 Å². The van der Waals surface area contributed by atoms with E-state index in [0.29, 0.717) is 0 Å². The summed E-state index contributed by atoms with van der Waals surface area (Å²) in [5.74, 6) is 0. The van der Waals surface area contributed by atoms with Crippen molar-refractivity contribution >= 4 is 32.6 Å². The summed E-state index contributed by atoms with van der Waals surface area (Å²) < 4.78 is 0. The number of aromatic nitrogens is 3. The Balaban J connectivity index is 1.37. The molecular formula is C33H21N3. The standard InChI is InChI=1S/C33H21N3/c1-2-7-22(8-3-1)26-9-4-10-27(21-26)28-12-5-13-29(35-28)30-19-18-25-17-15-23-14-16-24-11-6-20-34-32(24)31(23)33(25)36-30/h1-21H. The number of pyridine rings is 3. The molecule has 0 N–H and O–H groups in total. The van der Waals surface area contributed by atoms with Gasteiger partial charge in [0.25, 0.3) is 0 Å². The lowest BCUT2D eigenvalue weighted by atomic mass is 10.0. The van der Waals surface area contributed by atoms with E-state index in [1.54, 1.807) is 0 Å². The van der Waals surface area contributed by atoms with Crippen LogP contribution in [0, 0.1) is 0 Å². The summed E-state index contributed by atoms with van der Waals surface area (Å²) in [4.78, 5) is 14.8. The normalized spacial score (nSPS) is 11.3. The third-order valence-electron chi connectivity index (χ3n) is 6.69. The topological polar surface area (TPSA) is 38.7 Å². The van der Waals surface area contributed by atoms with Gasteiger partial charge in [-0.25, -0.2) is 9.97 Å². The van der Waals surface area contributed by atoms with Gasteiger partial charge in [-0.2, -0.15) is 0 Å². The molecule has 168 valence electrons. The highest BCUT2D eigenvalue weighted by atomic mass is 14.8. The van der Waals surface area contributed by atoms with Gasteiger partial charge in [0.15, 0.2) is 0 Å². The molecule has 0 radical (unpaired) electrons. The molecule has 0 aliphatic rings. The minimum Gasteiger partial charge on any atom is -0.256 e. The first-order chi connectivity index (χ1) is 17.8. The highest BCUT2D eigenvalue weighted by molar-refractivity contribution is 6.17. The smallest absolute Gasteiger partial charge is 0.0894 e. The highest BCUT2D eigenvalue weighted by Crippen LogP contribution is 2.32. The number of nitrogens with zero attached hydrogens (tertiary/aromatic N) is 3. The first-order valence-electron chi connectivity index (χ1n) is 12.0. The van der Waals surface area contributed by atoms with Crippen LogP contribution in [0.2, 0.25) is 0 Å². The summed E-state index contributed by atoms with van der Waals surface area (Å²) in [5, 5.41) is 4.43. The fourth-order valence-corrected chi connectivity index (χ4v) is 4.90. The van der Waals surface area contributed by atoms with Crippen LogP contribution in [0.3, 0.4) is 0 Å². The number of rotatable bonds is 3. The van der Waals surface area contributed by atoms with Crippen molar-refractivity contribution in [1.82, 2.24) is 15.0 Å². The Labute approximate surface area is 208 Å². The maximum atomic E-state index is 5.12. The predicted octanol–water partition coefficient (Wildman–Crippen LogP) is 8.33. The van der Waals surface area contributed by atoms with Crippen molar-refractivity contribution in [3.63, 3.8) is 0 Å². The van der Waals surface area contributed by atoms with Crippen molar-refractivity contribution < 1.29 is 0 Å². The van der Waals surface area contributed by atoms with Crippen molar-refractivity contribution in [2.45, 2.75) is 0 Å². The molecule has 3 nitrogen and oxygen atoms in total. The van der Waals surface area contributed by atoms with Gasteiger partial charge in [-0.1, -0.05) is 91.0 Å². The van der Waals surface area contributed by atoms with E-state index in [1.807, 2.05) is 24.4 Å². The van der Waals surface area contributed by atoms with E-state index in [1.165, 1.54) is 11.1 Å². The molecule has 0 saturated heterocycles.